The van der Waals surface area contributed by atoms with Crippen molar-refractivity contribution in [3.63, 3.8) is 0 Å². The predicted octanol–water partition coefficient (Wildman–Crippen LogP) is 2.48. The molecule has 124 valence electrons. The van der Waals surface area contributed by atoms with Crippen LogP contribution >= 0.6 is 11.6 Å². The molecule has 0 heterocycles. The van der Waals surface area contributed by atoms with Crippen molar-refractivity contribution in [2.24, 2.45) is 5.10 Å². The fourth-order valence-electron chi connectivity index (χ4n) is 1.68. The number of nitro benzene ring substituents is 1. The average molecular weight is 350 g/mol. The lowest BCUT2D eigenvalue weighted by Gasteiger charge is -2.04. The smallest absolute Gasteiger partial charge is 0.311 e. The Hall–Kier alpha value is -3.13. The molecule has 2 N–H and O–H groups in total. The molecule has 0 saturated carbocycles. The van der Waals surface area contributed by atoms with Gasteiger partial charge < -0.3 is 9.84 Å². The van der Waals surface area contributed by atoms with Gasteiger partial charge in [-0.1, -0.05) is 17.7 Å². The Morgan fingerprint density at radius 1 is 1.38 bits per heavy atom. The molecular weight excluding hydrogens is 338 g/mol. The number of benzene rings is 2. The summed E-state index contributed by atoms with van der Waals surface area (Å²) in [6, 6.07) is 10.3. The fraction of sp³-hybridized carbons (Fsp3) is 0.0667. The number of halogens is 1. The van der Waals surface area contributed by atoms with Crippen molar-refractivity contribution in [2.75, 3.05) is 6.61 Å². The van der Waals surface area contributed by atoms with E-state index in [-0.39, 0.29) is 6.61 Å². The van der Waals surface area contributed by atoms with Crippen LogP contribution in [0.15, 0.2) is 47.6 Å². The SMILES string of the molecule is O=C(COc1cccc(Cl)c1)NN=Cc1ccc(O)c([N+](=O)[O-])c1. The minimum Gasteiger partial charge on any atom is -0.502 e. The van der Waals surface area contributed by atoms with E-state index in [4.69, 9.17) is 16.3 Å². The quantitative estimate of drug-likeness (QED) is 0.472. The van der Waals surface area contributed by atoms with Gasteiger partial charge in [-0.05, 0) is 30.3 Å². The van der Waals surface area contributed by atoms with Gasteiger partial charge in [0, 0.05) is 16.7 Å². The van der Waals surface area contributed by atoms with E-state index in [2.05, 4.69) is 10.5 Å². The number of hydrogen-bond donors (Lipinski definition) is 2. The van der Waals surface area contributed by atoms with Crippen LogP contribution in [0.2, 0.25) is 5.02 Å². The number of hydrazone groups is 1. The third-order valence-corrected chi connectivity index (χ3v) is 3.00. The predicted molar refractivity (Wildman–Crippen MR) is 87.4 cm³/mol. The first-order chi connectivity index (χ1) is 11.5. The molecule has 0 aromatic heterocycles. The van der Waals surface area contributed by atoms with Crippen LogP contribution < -0.4 is 10.2 Å². The van der Waals surface area contributed by atoms with E-state index < -0.39 is 22.3 Å². The molecule has 2 aromatic carbocycles. The van der Waals surface area contributed by atoms with Crippen molar-refractivity contribution in [3.05, 3.63) is 63.2 Å². The van der Waals surface area contributed by atoms with Gasteiger partial charge in [-0.15, -0.1) is 0 Å². The van der Waals surface area contributed by atoms with Gasteiger partial charge in [0.15, 0.2) is 12.4 Å². The lowest BCUT2D eigenvalue weighted by atomic mass is 10.2. The number of amides is 1. The zero-order chi connectivity index (χ0) is 17.5. The van der Waals surface area contributed by atoms with Crippen LogP contribution in [-0.4, -0.2) is 28.8 Å². The van der Waals surface area contributed by atoms with E-state index in [1.54, 1.807) is 24.3 Å². The topological polar surface area (TPSA) is 114 Å². The molecular formula is C15H12ClN3O5. The number of rotatable bonds is 6. The Morgan fingerprint density at radius 2 is 2.17 bits per heavy atom. The van der Waals surface area contributed by atoms with Crippen LogP contribution in [-0.2, 0) is 4.79 Å². The first-order valence-corrected chi connectivity index (χ1v) is 7.01. The average Bonchev–Trinajstić information content (AvgIpc) is 2.54. The number of nitro groups is 1. The van der Waals surface area contributed by atoms with E-state index in [0.717, 1.165) is 6.07 Å². The minimum atomic E-state index is -0.718. The first kappa shape index (κ1) is 17.2. The summed E-state index contributed by atoms with van der Waals surface area (Å²) in [6.07, 6.45) is 1.21. The fourth-order valence-corrected chi connectivity index (χ4v) is 1.86. The van der Waals surface area contributed by atoms with E-state index in [1.165, 1.54) is 18.3 Å². The maximum atomic E-state index is 11.6. The first-order valence-electron chi connectivity index (χ1n) is 6.63. The van der Waals surface area contributed by atoms with Crippen molar-refractivity contribution >= 4 is 29.4 Å². The Kier molecular flexibility index (Phi) is 5.69. The molecule has 0 aliphatic heterocycles. The number of carbonyl (C=O) groups excluding carboxylic acids is 1. The van der Waals surface area contributed by atoms with E-state index in [1.807, 2.05) is 0 Å². The zero-order valence-electron chi connectivity index (χ0n) is 12.2. The molecule has 2 rings (SSSR count). The van der Waals surface area contributed by atoms with Crippen LogP contribution in [0.3, 0.4) is 0 Å². The van der Waals surface area contributed by atoms with Crippen molar-refractivity contribution < 1.29 is 19.6 Å². The summed E-state index contributed by atoms with van der Waals surface area (Å²) in [7, 11) is 0. The molecule has 0 atom stereocenters. The lowest BCUT2D eigenvalue weighted by Crippen LogP contribution is -2.24. The third kappa shape index (κ3) is 4.96. The number of aromatic hydroxyl groups is 1. The number of carbonyl (C=O) groups is 1. The Morgan fingerprint density at radius 3 is 2.88 bits per heavy atom. The number of nitrogens with one attached hydrogen (secondary N) is 1. The highest BCUT2D eigenvalue weighted by molar-refractivity contribution is 6.30. The normalized spacial score (nSPS) is 10.5. The van der Waals surface area contributed by atoms with Gasteiger partial charge in [0.2, 0.25) is 0 Å². The van der Waals surface area contributed by atoms with Crippen molar-refractivity contribution in [2.45, 2.75) is 0 Å². The molecule has 0 spiro atoms. The zero-order valence-corrected chi connectivity index (χ0v) is 12.9. The Bertz CT molecular complexity index is 794. The van der Waals surface area contributed by atoms with Crippen LogP contribution in [0.5, 0.6) is 11.5 Å². The maximum Gasteiger partial charge on any atom is 0.311 e. The molecule has 0 aliphatic carbocycles. The second kappa shape index (κ2) is 7.93. The molecule has 0 aliphatic rings. The van der Waals surface area contributed by atoms with Gasteiger partial charge in [-0.25, -0.2) is 5.43 Å². The summed E-state index contributed by atoms with van der Waals surface area (Å²) < 4.78 is 5.22. The Balaban J connectivity index is 1.88. The molecule has 0 fully saturated rings. The summed E-state index contributed by atoms with van der Waals surface area (Å²) >= 11 is 5.79. The Labute approximate surface area is 141 Å². The van der Waals surface area contributed by atoms with E-state index in [9.17, 15) is 20.0 Å². The molecule has 8 nitrogen and oxygen atoms in total. The maximum absolute atomic E-state index is 11.6. The highest BCUT2D eigenvalue weighted by Gasteiger charge is 2.12. The molecule has 0 saturated heterocycles. The van der Waals surface area contributed by atoms with Gasteiger partial charge in [-0.2, -0.15) is 5.10 Å². The second-order valence-electron chi connectivity index (χ2n) is 4.54. The number of nitrogens with zero attached hydrogens (tertiary/aromatic N) is 2. The monoisotopic (exact) mass is 349 g/mol. The van der Waals surface area contributed by atoms with Gasteiger partial charge in [0.1, 0.15) is 5.75 Å². The molecule has 1 amide bonds. The lowest BCUT2D eigenvalue weighted by molar-refractivity contribution is -0.385. The number of phenolic OH excluding ortho intramolecular Hbond substituents is 1. The molecule has 0 bridgehead atoms. The van der Waals surface area contributed by atoms with Crippen molar-refractivity contribution in [1.82, 2.24) is 5.43 Å². The summed E-state index contributed by atoms with van der Waals surface area (Å²) in [5.41, 5.74) is 2.11. The largest absolute Gasteiger partial charge is 0.502 e. The number of hydrogen-bond acceptors (Lipinski definition) is 6. The number of phenols is 1. The standard InChI is InChI=1S/C15H12ClN3O5/c16-11-2-1-3-12(7-11)24-9-15(21)18-17-8-10-4-5-14(20)13(6-10)19(22)23/h1-8,20H,9H2,(H,18,21). The van der Waals surface area contributed by atoms with Gasteiger partial charge in [-0.3, -0.25) is 14.9 Å². The summed E-state index contributed by atoms with van der Waals surface area (Å²) in [5, 5.41) is 24.2. The van der Waals surface area contributed by atoms with Gasteiger partial charge in [0.25, 0.3) is 5.91 Å². The van der Waals surface area contributed by atoms with Crippen LogP contribution in [0.25, 0.3) is 0 Å². The third-order valence-electron chi connectivity index (χ3n) is 2.77. The number of ether oxygens (including phenoxy) is 1. The van der Waals surface area contributed by atoms with E-state index >= 15 is 0 Å². The molecule has 24 heavy (non-hydrogen) atoms. The highest BCUT2D eigenvalue weighted by atomic mass is 35.5. The van der Waals surface area contributed by atoms with Crippen LogP contribution in [0, 0.1) is 10.1 Å². The van der Waals surface area contributed by atoms with Crippen molar-refractivity contribution in [1.29, 1.82) is 0 Å². The molecule has 2 aromatic rings. The van der Waals surface area contributed by atoms with E-state index in [0.29, 0.717) is 16.3 Å². The van der Waals surface area contributed by atoms with Crippen molar-refractivity contribution in [3.8, 4) is 11.5 Å². The summed E-state index contributed by atoms with van der Waals surface area (Å²) in [4.78, 5) is 21.6. The molecule has 9 heteroatoms. The van der Waals surface area contributed by atoms with Crippen LogP contribution in [0.4, 0.5) is 5.69 Å². The second-order valence-corrected chi connectivity index (χ2v) is 4.98. The van der Waals surface area contributed by atoms with Gasteiger partial charge in [0.05, 0.1) is 11.1 Å². The minimum absolute atomic E-state index is 0.270. The summed E-state index contributed by atoms with van der Waals surface area (Å²) in [5.74, 6) is -0.522. The molecule has 0 unspecified atom stereocenters. The van der Waals surface area contributed by atoms with Gasteiger partial charge >= 0.3 is 5.69 Å². The van der Waals surface area contributed by atoms with Crippen LogP contribution in [0.1, 0.15) is 5.56 Å². The highest BCUT2D eigenvalue weighted by Crippen LogP contribution is 2.25. The molecule has 0 radical (unpaired) electrons. The summed E-state index contributed by atoms with van der Waals surface area (Å²) in [6.45, 7) is -0.270.